The van der Waals surface area contributed by atoms with E-state index in [9.17, 15) is 0 Å². The van der Waals surface area contributed by atoms with E-state index in [0.717, 1.165) is 0 Å². The van der Waals surface area contributed by atoms with Gasteiger partial charge in [-0.3, -0.25) is 0 Å². The third kappa shape index (κ3) is 4.83. The molecule has 1 aromatic carbocycles. The van der Waals surface area contributed by atoms with Gasteiger partial charge in [-0.05, 0) is 33.4 Å². The largest absolute Gasteiger partial charge is 0.313 e. The molecule has 1 nitrogen and oxygen atoms in total. The zero-order valence-corrected chi connectivity index (χ0v) is 9.67. The lowest BCUT2D eigenvalue weighted by Crippen LogP contribution is -2.11. The molecule has 0 amide bonds. The van der Waals surface area contributed by atoms with E-state index in [-0.39, 0.29) is 0 Å². The second-order valence-corrected chi connectivity index (χ2v) is 3.33. The molecule has 0 saturated heterocycles. The van der Waals surface area contributed by atoms with E-state index >= 15 is 0 Å². The van der Waals surface area contributed by atoms with Crippen LogP contribution in [0.1, 0.15) is 31.0 Å². The Morgan fingerprint density at radius 2 is 1.71 bits per heavy atom. The van der Waals surface area contributed by atoms with E-state index in [1.54, 1.807) is 6.08 Å². The number of rotatable bonds is 2. The molecule has 0 aliphatic heterocycles. The van der Waals surface area contributed by atoms with Gasteiger partial charge in [0, 0.05) is 6.04 Å². The molecule has 0 aromatic heterocycles. The van der Waals surface area contributed by atoms with E-state index in [2.05, 4.69) is 50.0 Å². The summed E-state index contributed by atoms with van der Waals surface area (Å²) in [7, 11) is 1.98. The summed E-state index contributed by atoms with van der Waals surface area (Å²) in [6, 6.07) is 9.06. The van der Waals surface area contributed by atoms with Gasteiger partial charge in [-0.1, -0.05) is 35.9 Å². The van der Waals surface area contributed by atoms with Gasteiger partial charge in [-0.15, -0.1) is 6.58 Å². The highest BCUT2D eigenvalue weighted by atomic mass is 14.8. The third-order valence-electron chi connectivity index (χ3n) is 2.01. The van der Waals surface area contributed by atoms with Crippen molar-refractivity contribution in [1.29, 1.82) is 0 Å². The Morgan fingerprint density at radius 1 is 1.29 bits per heavy atom. The Morgan fingerprint density at radius 3 is 2.07 bits per heavy atom. The minimum atomic E-state index is 0.454. The standard InChI is InChI=1S/C10H15N.C3H6/c1-8-4-6-10(7-5-8)9(2)11-3;1-3-2/h4-7,9,11H,1-3H3;3H,1H2,2H3. The van der Waals surface area contributed by atoms with Crippen LogP contribution in [-0.2, 0) is 0 Å². The summed E-state index contributed by atoms with van der Waals surface area (Å²) in [6.07, 6.45) is 1.75. The van der Waals surface area contributed by atoms with Crippen LogP contribution < -0.4 is 5.32 Å². The zero-order chi connectivity index (χ0) is 11.0. The molecule has 1 aromatic rings. The van der Waals surface area contributed by atoms with E-state index in [1.807, 2.05) is 14.0 Å². The fraction of sp³-hybridized carbons (Fsp3) is 0.385. The van der Waals surface area contributed by atoms with Crippen molar-refractivity contribution < 1.29 is 0 Å². The summed E-state index contributed by atoms with van der Waals surface area (Å²) in [5.41, 5.74) is 2.66. The summed E-state index contributed by atoms with van der Waals surface area (Å²) in [5.74, 6) is 0. The topological polar surface area (TPSA) is 12.0 Å². The molecular formula is C13H21N. The number of hydrogen-bond donors (Lipinski definition) is 1. The molecule has 1 atom stereocenters. The first-order chi connectivity index (χ1) is 6.65. The summed E-state index contributed by atoms with van der Waals surface area (Å²) < 4.78 is 0. The van der Waals surface area contributed by atoms with E-state index in [0.29, 0.717) is 6.04 Å². The number of hydrogen-bond acceptors (Lipinski definition) is 1. The molecule has 1 N–H and O–H groups in total. The molecule has 78 valence electrons. The second-order valence-electron chi connectivity index (χ2n) is 3.33. The van der Waals surface area contributed by atoms with Crippen molar-refractivity contribution in [2.24, 2.45) is 0 Å². The molecule has 1 heteroatoms. The summed E-state index contributed by atoms with van der Waals surface area (Å²) in [6.45, 7) is 9.51. The van der Waals surface area contributed by atoms with Crippen LogP contribution in [0, 0.1) is 6.92 Å². The van der Waals surface area contributed by atoms with Crippen molar-refractivity contribution in [3.63, 3.8) is 0 Å². The first-order valence-electron chi connectivity index (χ1n) is 4.96. The predicted molar refractivity (Wildman–Crippen MR) is 64.5 cm³/mol. The lowest BCUT2D eigenvalue weighted by Gasteiger charge is -2.09. The smallest absolute Gasteiger partial charge is 0.0289 e. The van der Waals surface area contributed by atoms with Crippen LogP contribution >= 0.6 is 0 Å². The molecule has 0 radical (unpaired) electrons. The Labute approximate surface area is 87.9 Å². The van der Waals surface area contributed by atoms with E-state index in [1.165, 1.54) is 11.1 Å². The molecular weight excluding hydrogens is 170 g/mol. The molecule has 0 aliphatic rings. The molecule has 0 fully saturated rings. The molecule has 0 heterocycles. The SMILES string of the molecule is C=CC.CNC(C)c1ccc(C)cc1. The average molecular weight is 191 g/mol. The number of allylic oxidation sites excluding steroid dienone is 1. The monoisotopic (exact) mass is 191 g/mol. The zero-order valence-electron chi connectivity index (χ0n) is 9.67. The van der Waals surface area contributed by atoms with E-state index in [4.69, 9.17) is 0 Å². The molecule has 14 heavy (non-hydrogen) atoms. The van der Waals surface area contributed by atoms with Crippen LogP contribution in [0.2, 0.25) is 0 Å². The summed E-state index contributed by atoms with van der Waals surface area (Å²) >= 11 is 0. The van der Waals surface area contributed by atoms with E-state index < -0.39 is 0 Å². The summed E-state index contributed by atoms with van der Waals surface area (Å²) in [5, 5.41) is 3.20. The highest BCUT2D eigenvalue weighted by molar-refractivity contribution is 5.23. The minimum absolute atomic E-state index is 0.454. The Bertz CT molecular complexity index is 248. The average Bonchev–Trinajstić information content (AvgIpc) is 2.19. The van der Waals surface area contributed by atoms with Crippen LogP contribution in [-0.4, -0.2) is 7.05 Å². The molecule has 0 aliphatic carbocycles. The van der Waals surface area contributed by atoms with Gasteiger partial charge in [0.15, 0.2) is 0 Å². The van der Waals surface area contributed by atoms with Crippen molar-refractivity contribution in [2.45, 2.75) is 26.8 Å². The van der Waals surface area contributed by atoms with Gasteiger partial charge < -0.3 is 5.32 Å². The second kappa shape index (κ2) is 7.34. The number of benzene rings is 1. The van der Waals surface area contributed by atoms with Gasteiger partial charge in [-0.25, -0.2) is 0 Å². The van der Waals surface area contributed by atoms with Gasteiger partial charge >= 0.3 is 0 Å². The van der Waals surface area contributed by atoms with Crippen molar-refractivity contribution >= 4 is 0 Å². The minimum Gasteiger partial charge on any atom is -0.313 e. The lowest BCUT2D eigenvalue weighted by molar-refractivity contribution is 0.652. The molecule has 0 saturated carbocycles. The predicted octanol–water partition coefficient (Wildman–Crippen LogP) is 3.47. The fourth-order valence-electron chi connectivity index (χ4n) is 1.02. The maximum Gasteiger partial charge on any atom is 0.0289 e. The molecule has 0 bridgehead atoms. The maximum absolute atomic E-state index is 3.36. The third-order valence-corrected chi connectivity index (χ3v) is 2.01. The lowest BCUT2D eigenvalue weighted by atomic mass is 10.1. The molecule has 0 spiro atoms. The van der Waals surface area contributed by atoms with Gasteiger partial charge in [0.05, 0.1) is 0 Å². The van der Waals surface area contributed by atoms with Gasteiger partial charge in [-0.2, -0.15) is 0 Å². The normalized spacial score (nSPS) is 11.1. The quantitative estimate of drug-likeness (QED) is 0.706. The van der Waals surface area contributed by atoms with Gasteiger partial charge in [0.1, 0.15) is 0 Å². The Balaban J connectivity index is 0.000000500. The highest BCUT2D eigenvalue weighted by Crippen LogP contribution is 2.11. The van der Waals surface area contributed by atoms with Crippen LogP contribution in [0.25, 0.3) is 0 Å². The first kappa shape index (κ1) is 12.9. The highest BCUT2D eigenvalue weighted by Gasteiger charge is 1.99. The molecule has 1 rings (SSSR count). The van der Waals surface area contributed by atoms with Gasteiger partial charge in [0.2, 0.25) is 0 Å². The van der Waals surface area contributed by atoms with Crippen LogP contribution in [0.4, 0.5) is 0 Å². The Hall–Kier alpha value is -1.08. The van der Waals surface area contributed by atoms with Crippen molar-refractivity contribution in [1.82, 2.24) is 5.32 Å². The van der Waals surface area contributed by atoms with Gasteiger partial charge in [0.25, 0.3) is 0 Å². The number of nitrogens with one attached hydrogen (secondary N) is 1. The van der Waals surface area contributed by atoms with Crippen molar-refractivity contribution in [3.05, 3.63) is 48.0 Å². The fourth-order valence-corrected chi connectivity index (χ4v) is 1.02. The first-order valence-corrected chi connectivity index (χ1v) is 4.96. The van der Waals surface area contributed by atoms with Crippen LogP contribution in [0.3, 0.4) is 0 Å². The van der Waals surface area contributed by atoms with Crippen LogP contribution in [0.5, 0.6) is 0 Å². The number of aryl methyl sites for hydroxylation is 1. The molecule has 1 unspecified atom stereocenters. The van der Waals surface area contributed by atoms with Crippen LogP contribution in [0.15, 0.2) is 36.9 Å². The maximum atomic E-state index is 3.36. The van der Waals surface area contributed by atoms with Crippen molar-refractivity contribution in [3.8, 4) is 0 Å². The summed E-state index contributed by atoms with van der Waals surface area (Å²) in [4.78, 5) is 0. The van der Waals surface area contributed by atoms with Crippen molar-refractivity contribution in [2.75, 3.05) is 7.05 Å². The Kier molecular flexibility index (Phi) is 6.77.